The van der Waals surface area contributed by atoms with Crippen molar-refractivity contribution in [3.63, 3.8) is 0 Å². The van der Waals surface area contributed by atoms with Crippen molar-refractivity contribution in [1.82, 2.24) is 4.90 Å². The lowest BCUT2D eigenvalue weighted by atomic mass is 9.81. The Balaban J connectivity index is 1.98. The predicted octanol–water partition coefficient (Wildman–Crippen LogP) is 1.59. The number of carbonyl (C=O) groups excluding carboxylic acids is 1. The van der Waals surface area contributed by atoms with Crippen molar-refractivity contribution < 1.29 is 24.2 Å². The molecule has 2 saturated heterocycles. The molecule has 20 heavy (non-hydrogen) atoms. The molecule has 0 radical (unpaired) electrons. The lowest BCUT2D eigenvalue weighted by Gasteiger charge is -2.31. The number of amides is 1. The van der Waals surface area contributed by atoms with Crippen LogP contribution in [0.2, 0.25) is 0 Å². The first kappa shape index (κ1) is 15.1. The van der Waals surface area contributed by atoms with E-state index in [0.29, 0.717) is 26.3 Å². The SMILES string of the molecule is CC(C)(C)OC(=O)N1C[C@@H]2COC[C@H](CC(=O)O)[C@@H]2C1. The second kappa shape index (κ2) is 5.60. The van der Waals surface area contributed by atoms with Crippen LogP contribution in [0.25, 0.3) is 0 Å². The molecular weight excluding hydrogens is 262 g/mol. The highest BCUT2D eigenvalue weighted by atomic mass is 16.6. The van der Waals surface area contributed by atoms with E-state index in [-0.39, 0.29) is 30.3 Å². The van der Waals surface area contributed by atoms with E-state index in [2.05, 4.69) is 0 Å². The van der Waals surface area contributed by atoms with Crippen molar-refractivity contribution in [3.8, 4) is 0 Å². The Hall–Kier alpha value is -1.30. The molecule has 1 amide bonds. The zero-order valence-electron chi connectivity index (χ0n) is 12.3. The minimum atomic E-state index is -0.810. The number of fused-ring (bicyclic) bond motifs is 1. The van der Waals surface area contributed by atoms with E-state index in [4.69, 9.17) is 14.6 Å². The van der Waals surface area contributed by atoms with Crippen LogP contribution in [0.1, 0.15) is 27.2 Å². The Morgan fingerprint density at radius 2 is 2.00 bits per heavy atom. The summed E-state index contributed by atoms with van der Waals surface area (Å²) in [5.74, 6) is -0.401. The number of carboxylic acids is 1. The fourth-order valence-electron chi connectivity index (χ4n) is 3.01. The molecule has 0 aromatic carbocycles. The molecule has 0 aromatic rings. The Bertz CT molecular complexity index is 390. The number of hydrogen-bond donors (Lipinski definition) is 1. The highest BCUT2D eigenvalue weighted by molar-refractivity contribution is 5.69. The smallest absolute Gasteiger partial charge is 0.410 e. The van der Waals surface area contributed by atoms with E-state index < -0.39 is 11.6 Å². The Morgan fingerprint density at radius 3 is 2.60 bits per heavy atom. The molecule has 0 saturated carbocycles. The molecule has 114 valence electrons. The van der Waals surface area contributed by atoms with Gasteiger partial charge >= 0.3 is 12.1 Å². The normalized spacial score (nSPS) is 29.9. The standard InChI is InChI=1S/C14H23NO5/c1-14(2,3)20-13(18)15-5-10-8-19-7-9(4-12(16)17)11(10)6-15/h9-11H,4-8H2,1-3H3,(H,16,17)/t9-,10+,11-/m0/s1. The molecule has 2 aliphatic rings. The lowest BCUT2D eigenvalue weighted by Crippen LogP contribution is -2.36. The summed E-state index contributed by atoms with van der Waals surface area (Å²) in [4.78, 5) is 24.7. The average molecular weight is 285 g/mol. The van der Waals surface area contributed by atoms with Crippen molar-refractivity contribution >= 4 is 12.1 Å². The van der Waals surface area contributed by atoms with Gasteiger partial charge in [0.25, 0.3) is 0 Å². The molecule has 2 heterocycles. The van der Waals surface area contributed by atoms with Crippen molar-refractivity contribution in [2.45, 2.75) is 32.8 Å². The molecule has 6 heteroatoms. The number of rotatable bonds is 2. The van der Waals surface area contributed by atoms with E-state index in [1.54, 1.807) is 4.90 Å². The third kappa shape index (κ3) is 3.62. The Labute approximate surface area is 119 Å². The van der Waals surface area contributed by atoms with Gasteiger partial charge in [-0.15, -0.1) is 0 Å². The van der Waals surface area contributed by atoms with Gasteiger partial charge in [0.15, 0.2) is 0 Å². The molecule has 6 nitrogen and oxygen atoms in total. The van der Waals surface area contributed by atoms with Gasteiger partial charge in [-0.3, -0.25) is 4.79 Å². The second-order valence-corrected chi connectivity index (χ2v) is 6.70. The van der Waals surface area contributed by atoms with E-state index >= 15 is 0 Å². The van der Waals surface area contributed by atoms with Crippen LogP contribution in [-0.4, -0.2) is 54.0 Å². The summed E-state index contributed by atoms with van der Waals surface area (Å²) in [5, 5.41) is 8.95. The number of carbonyl (C=O) groups is 2. The fraction of sp³-hybridized carbons (Fsp3) is 0.857. The van der Waals surface area contributed by atoms with Crippen LogP contribution in [-0.2, 0) is 14.3 Å². The summed E-state index contributed by atoms with van der Waals surface area (Å²) >= 11 is 0. The molecule has 2 fully saturated rings. The molecule has 3 atom stereocenters. The van der Waals surface area contributed by atoms with Gasteiger partial charge in [-0.25, -0.2) is 4.79 Å². The van der Waals surface area contributed by atoms with Crippen molar-refractivity contribution in [2.24, 2.45) is 17.8 Å². The minimum Gasteiger partial charge on any atom is -0.481 e. The molecule has 0 bridgehead atoms. The zero-order chi connectivity index (χ0) is 14.9. The number of carboxylic acid groups (broad SMARTS) is 1. The predicted molar refractivity (Wildman–Crippen MR) is 71.3 cm³/mol. The molecular formula is C14H23NO5. The quantitative estimate of drug-likeness (QED) is 0.833. The lowest BCUT2D eigenvalue weighted by molar-refractivity contribution is -0.140. The zero-order valence-corrected chi connectivity index (χ0v) is 12.3. The van der Waals surface area contributed by atoms with Gasteiger partial charge in [0, 0.05) is 19.0 Å². The first-order valence-corrected chi connectivity index (χ1v) is 7.03. The molecule has 1 N–H and O–H groups in total. The van der Waals surface area contributed by atoms with Crippen molar-refractivity contribution in [3.05, 3.63) is 0 Å². The summed E-state index contributed by atoms with van der Waals surface area (Å²) in [5.41, 5.74) is -0.512. The van der Waals surface area contributed by atoms with Crippen molar-refractivity contribution in [1.29, 1.82) is 0 Å². The summed E-state index contributed by atoms with van der Waals surface area (Å²) in [6.07, 6.45) is -0.218. The molecule has 0 unspecified atom stereocenters. The summed E-state index contributed by atoms with van der Waals surface area (Å²) in [7, 11) is 0. The molecule has 0 aromatic heterocycles. The highest BCUT2D eigenvalue weighted by Crippen LogP contribution is 2.36. The first-order valence-electron chi connectivity index (χ1n) is 7.03. The molecule has 2 rings (SSSR count). The summed E-state index contributed by atoms with van der Waals surface area (Å²) < 4.78 is 10.9. The van der Waals surface area contributed by atoms with Crippen LogP contribution in [0.5, 0.6) is 0 Å². The third-order valence-corrected chi connectivity index (χ3v) is 3.85. The number of hydrogen-bond acceptors (Lipinski definition) is 4. The molecule has 0 spiro atoms. The third-order valence-electron chi connectivity index (χ3n) is 3.85. The molecule has 0 aliphatic carbocycles. The van der Waals surface area contributed by atoms with Crippen LogP contribution in [0.15, 0.2) is 0 Å². The van der Waals surface area contributed by atoms with Gasteiger partial charge in [-0.05, 0) is 32.6 Å². The van der Waals surface area contributed by atoms with Crippen molar-refractivity contribution in [2.75, 3.05) is 26.3 Å². The van der Waals surface area contributed by atoms with Gasteiger partial charge in [-0.2, -0.15) is 0 Å². The number of ether oxygens (including phenoxy) is 2. The maximum atomic E-state index is 12.1. The van der Waals surface area contributed by atoms with E-state index in [9.17, 15) is 9.59 Å². The number of aliphatic carboxylic acids is 1. The minimum absolute atomic E-state index is 0.0151. The van der Waals surface area contributed by atoms with Crippen LogP contribution in [0, 0.1) is 17.8 Å². The topological polar surface area (TPSA) is 76.1 Å². The summed E-state index contributed by atoms with van der Waals surface area (Å²) in [6, 6.07) is 0. The fourth-order valence-corrected chi connectivity index (χ4v) is 3.01. The maximum Gasteiger partial charge on any atom is 0.410 e. The van der Waals surface area contributed by atoms with Crippen LogP contribution in [0.3, 0.4) is 0 Å². The summed E-state index contributed by atoms with van der Waals surface area (Å²) in [6.45, 7) is 7.74. The highest BCUT2D eigenvalue weighted by Gasteiger charge is 2.43. The first-order chi connectivity index (χ1) is 9.26. The second-order valence-electron chi connectivity index (χ2n) is 6.70. The maximum absolute atomic E-state index is 12.1. The van der Waals surface area contributed by atoms with Gasteiger partial charge in [0.1, 0.15) is 5.60 Å². The molecule has 2 aliphatic heterocycles. The van der Waals surface area contributed by atoms with Crippen LogP contribution < -0.4 is 0 Å². The largest absolute Gasteiger partial charge is 0.481 e. The Morgan fingerprint density at radius 1 is 1.30 bits per heavy atom. The monoisotopic (exact) mass is 285 g/mol. The van der Waals surface area contributed by atoms with Crippen LogP contribution in [0.4, 0.5) is 4.79 Å². The Kier molecular flexibility index (Phi) is 4.22. The van der Waals surface area contributed by atoms with Gasteiger partial charge < -0.3 is 19.5 Å². The van der Waals surface area contributed by atoms with Gasteiger partial charge in [0.05, 0.1) is 19.6 Å². The van der Waals surface area contributed by atoms with E-state index in [0.717, 1.165) is 0 Å². The van der Waals surface area contributed by atoms with Gasteiger partial charge in [0.2, 0.25) is 0 Å². The number of nitrogens with zero attached hydrogens (tertiary/aromatic N) is 1. The van der Waals surface area contributed by atoms with E-state index in [1.165, 1.54) is 0 Å². The van der Waals surface area contributed by atoms with E-state index in [1.807, 2.05) is 20.8 Å². The van der Waals surface area contributed by atoms with Gasteiger partial charge in [-0.1, -0.05) is 0 Å². The average Bonchev–Trinajstić information content (AvgIpc) is 2.70. The number of likely N-dealkylation sites (tertiary alicyclic amines) is 1. The van der Waals surface area contributed by atoms with Crippen LogP contribution >= 0.6 is 0 Å².